The molecule has 0 radical (unpaired) electrons. The number of hydrogen-bond donors (Lipinski definition) is 1. The standard InChI is InChI=1S/C30H37NO8/c1-33-27-12-8-25(9-13-27)30(24-6-4-3-5-7-24,26-10-14-28(34-2)15-11-26)39-23-21-37-19-17-35-16-18-36-20-22-38-29(31)32/h3-15H,16-23H2,1-2H3,(H2,31,32). The second kappa shape index (κ2) is 16.4. The lowest BCUT2D eigenvalue weighted by molar-refractivity contribution is -0.0376. The van der Waals surface area contributed by atoms with E-state index >= 15 is 0 Å². The molecule has 0 bridgehead atoms. The summed E-state index contributed by atoms with van der Waals surface area (Å²) < 4.78 is 38.7. The summed E-state index contributed by atoms with van der Waals surface area (Å²) in [5, 5.41) is 0. The van der Waals surface area contributed by atoms with Gasteiger partial charge in [0.05, 0.1) is 60.5 Å². The molecule has 3 aromatic rings. The first kappa shape index (κ1) is 29.9. The maximum atomic E-state index is 10.5. The smallest absolute Gasteiger partial charge is 0.404 e. The Morgan fingerprint density at radius 1 is 0.590 bits per heavy atom. The number of methoxy groups -OCH3 is 2. The zero-order chi connectivity index (χ0) is 27.8. The summed E-state index contributed by atoms with van der Waals surface area (Å²) in [4.78, 5) is 10.5. The zero-order valence-electron chi connectivity index (χ0n) is 22.5. The van der Waals surface area contributed by atoms with Crippen molar-refractivity contribution in [1.82, 2.24) is 0 Å². The fourth-order valence-corrected chi connectivity index (χ4v) is 4.07. The summed E-state index contributed by atoms with van der Waals surface area (Å²) in [6.45, 7) is 2.74. The minimum absolute atomic E-state index is 0.121. The number of nitrogens with two attached hydrogens (primary N) is 1. The summed E-state index contributed by atoms with van der Waals surface area (Å²) in [6, 6.07) is 25.9. The predicted molar refractivity (Wildman–Crippen MR) is 146 cm³/mol. The normalized spacial score (nSPS) is 11.2. The third-order valence-corrected chi connectivity index (χ3v) is 5.94. The van der Waals surface area contributed by atoms with Crippen molar-refractivity contribution < 1.29 is 38.0 Å². The number of primary amides is 1. The molecule has 210 valence electrons. The topological polar surface area (TPSA) is 108 Å². The van der Waals surface area contributed by atoms with Crippen LogP contribution in [0.1, 0.15) is 16.7 Å². The molecule has 0 unspecified atom stereocenters. The number of rotatable bonds is 18. The highest BCUT2D eigenvalue weighted by Crippen LogP contribution is 2.41. The van der Waals surface area contributed by atoms with E-state index in [1.54, 1.807) is 14.2 Å². The van der Waals surface area contributed by atoms with Gasteiger partial charge in [-0.2, -0.15) is 0 Å². The van der Waals surface area contributed by atoms with E-state index in [0.717, 1.165) is 28.2 Å². The average molecular weight is 540 g/mol. The van der Waals surface area contributed by atoms with Gasteiger partial charge in [0, 0.05) is 0 Å². The Kier molecular flexibility index (Phi) is 12.5. The Hall–Kier alpha value is -3.63. The van der Waals surface area contributed by atoms with Gasteiger partial charge in [0.1, 0.15) is 23.7 Å². The molecule has 0 atom stereocenters. The lowest BCUT2D eigenvalue weighted by Crippen LogP contribution is -2.34. The number of ether oxygens (including phenoxy) is 7. The molecule has 3 rings (SSSR count). The molecular weight excluding hydrogens is 502 g/mol. The quantitative estimate of drug-likeness (QED) is 0.190. The van der Waals surface area contributed by atoms with E-state index in [2.05, 4.69) is 16.9 Å². The van der Waals surface area contributed by atoms with E-state index in [-0.39, 0.29) is 13.2 Å². The Bertz CT molecular complexity index is 1040. The number of hydrogen-bond acceptors (Lipinski definition) is 8. The number of carbonyl (C=O) groups is 1. The summed E-state index contributed by atoms with van der Waals surface area (Å²) in [5.41, 5.74) is 6.92. The minimum Gasteiger partial charge on any atom is -0.497 e. The van der Waals surface area contributed by atoms with Crippen LogP contribution in [0.15, 0.2) is 78.9 Å². The molecule has 0 aliphatic carbocycles. The van der Waals surface area contributed by atoms with Gasteiger partial charge < -0.3 is 38.9 Å². The monoisotopic (exact) mass is 539 g/mol. The van der Waals surface area contributed by atoms with Gasteiger partial charge in [-0.25, -0.2) is 4.79 Å². The number of carbonyl (C=O) groups excluding carboxylic acids is 1. The Morgan fingerprint density at radius 2 is 1.00 bits per heavy atom. The van der Waals surface area contributed by atoms with Gasteiger partial charge in [-0.05, 0) is 41.0 Å². The molecular formula is C30H37NO8. The van der Waals surface area contributed by atoms with Crippen molar-refractivity contribution in [2.45, 2.75) is 5.60 Å². The molecule has 0 spiro atoms. The lowest BCUT2D eigenvalue weighted by atomic mass is 9.80. The molecule has 0 aliphatic rings. The maximum Gasteiger partial charge on any atom is 0.404 e. The van der Waals surface area contributed by atoms with Crippen LogP contribution in [-0.4, -0.2) is 73.2 Å². The van der Waals surface area contributed by atoms with Crippen LogP contribution in [0.5, 0.6) is 11.5 Å². The van der Waals surface area contributed by atoms with Crippen LogP contribution in [0.4, 0.5) is 4.79 Å². The first-order valence-electron chi connectivity index (χ1n) is 12.7. The number of benzene rings is 3. The van der Waals surface area contributed by atoms with Crippen LogP contribution in [0.25, 0.3) is 0 Å². The van der Waals surface area contributed by atoms with E-state index in [0.29, 0.717) is 39.6 Å². The zero-order valence-corrected chi connectivity index (χ0v) is 22.5. The fourth-order valence-electron chi connectivity index (χ4n) is 4.07. The predicted octanol–water partition coefficient (Wildman–Crippen LogP) is 4.16. The first-order valence-corrected chi connectivity index (χ1v) is 12.7. The lowest BCUT2D eigenvalue weighted by Gasteiger charge is -2.36. The van der Waals surface area contributed by atoms with Crippen molar-refractivity contribution >= 4 is 6.09 Å². The fraction of sp³-hybridized carbons (Fsp3) is 0.367. The third-order valence-electron chi connectivity index (χ3n) is 5.94. The summed E-state index contributed by atoms with van der Waals surface area (Å²) in [5.74, 6) is 1.53. The Morgan fingerprint density at radius 3 is 1.44 bits per heavy atom. The van der Waals surface area contributed by atoms with Gasteiger partial charge in [0.25, 0.3) is 0 Å². The Balaban J connectivity index is 1.62. The minimum atomic E-state index is -0.880. The van der Waals surface area contributed by atoms with Crippen molar-refractivity contribution in [1.29, 1.82) is 0 Å². The van der Waals surface area contributed by atoms with Crippen LogP contribution >= 0.6 is 0 Å². The maximum absolute atomic E-state index is 10.5. The van der Waals surface area contributed by atoms with Crippen LogP contribution < -0.4 is 15.2 Å². The van der Waals surface area contributed by atoms with E-state index in [1.807, 2.05) is 66.7 Å². The van der Waals surface area contributed by atoms with E-state index < -0.39 is 11.7 Å². The van der Waals surface area contributed by atoms with Crippen molar-refractivity contribution in [2.24, 2.45) is 5.73 Å². The van der Waals surface area contributed by atoms with Crippen LogP contribution in [0.3, 0.4) is 0 Å². The molecule has 9 heteroatoms. The molecule has 1 amide bonds. The van der Waals surface area contributed by atoms with Gasteiger partial charge in [-0.3, -0.25) is 0 Å². The first-order chi connectivity index (χ1) is 19.1. The highest BCUT2D eigenvalue weighted by molar-refractivity contribution is 5.64. The average Bonchev–Trinajstić information content (AvgIpc) is 2.98. The molecule has 0 fully saturated rings. The molecule has 0 heterocycles. The van der Waals surface area contributed by atoms with Gasteiger partial charge in [-0.1, -0.05) is 54.6 Å². The molecule has 0 aromatic heterocycles. The van der Waals surface area contributed by atoms with Crippen LogP contribution in [-0.2, 0) is 29.3 Å². The molecule has 39 heavy (non-hydrogen) atoms. The Labute approximate surface area is 229 Å². The van der Waals surface area contributed by atoms with E-state index in [1.165, 1.54) is 0 Å². The molecule has 9 nitrogen and oxygen atoms in total. The second-order valence-corrected chi connectivity index (χ2v) is 8.36. The van der Waals surface area contributed by atoms with Crippen molar-refractivity contribution in [3.05, 3.63) is 95.6 Å². The highest BCUT2D eigenvalue weighted by Gasteiger charge is 2.37. The third kappa shape index (κ3) is 8.97. The molecule has 2 N–H and O–H groups in total. The van der Waals surface area contributed by atoms with Crippen molar-refractivity contribution in [2.75, 3.05) is 67.1 Å². The van der Waals surface area contributed by atoms with Gasteiger partial charge in [0.15, 0.2) is 0 Å². The van der Waals surface area contributed by atoms with Gasteiger partial charge >= 0.3 is 6.09 Å². The van der Waals surface area contributed by atoms with Gasteiger partial charge in [0.2, 0.25) is 0 Å². The summed E-state index contributed by atoms with van der Waals surface area (Å²) in [6.07, 6.45) is -0.815. The summed E-state index contributed by atoms with van der Waals surface area (Å²) in [7, 11) is 3.30. The summed E-state index contributed by atoms with van der Waals surface area (Å²) >= 11 is 0. The van der Waals surface area contributed by atoms with Crippen LogP contribution in [0, 0.1) is 0 Å². The SMILES string of the molecule is COc1ccc(C(OCCOCCOCCOCCOC(N)=O)(c2ccccc2)c2ccc(OC)cc2)cc1. The second-order valence-electron chi connectivity index (χ2n) is 8.36. The molecule has 0 aliphatic heterocycles. The van der Waals surface area contributed by atoms with Crippen LogP contribution in [0.2, 0.25) is 0 Å². The molecule has 3 aromatic carbocycles. The highest BCUT2D eigenvalue weighted by atomic mass is 16.6. The van der Waals surface area contributed by atoms with Gasteiger partial charge in [-0.15, -0.1) is 0 Å². The molecule has 0 saturated heterocycles. The number of amides is 1. The van der Waals surface area contributed by atoms with Crippen molar-refractivity contribution in [3.63, 3.8) is 0 Å². The van der Waals surface area contributed by atoms with E-state index in [9.17, 15) is 4.79 Å². The molecule has 0 saturated carbocycles. The largest absolute Gasteiger partial charge is 0.497 e. The van der Waals surface area contributed by atoms with E-state index in [4.69, 9.17) is 34.2 Å². The van der Waals surface area contributed by atoms with Crippen molar-refractivity contribution in [3.8, 4) is 11.5 Å².